The van der Waals surface area contributed by atoms with E-state index in [1.165, 1.54) is 11.8 Å². The Kier molecular flexibility index (Phi) is 5.89. The van der Waals surface area contributed by atoms with Gasteiger partial charge in [0.1, 0.15) is 0 Å². The van der Waals surface area contributed by atoms with Gasteiger partial charge in [-0.3, -0.25) is 0 Å². The standard InChI is InChI=1S/C15H24N2O2S/c1-15(2,10-17(3)4)9-16-11-7-6-8-12(20-5)13(11)14(18)19/h6-8,16H,9-10H2,1-5H3,(H,18,19). The topological polar surface area (TPSA) is 52.6 Å². The van der Waals surface area contributed by atoms with E-state index in [9.17, 15) is 9.90 Å². The summed E-state index contributed by atoms with van der Waals surface area (Å²) in [6.07, 6.45) is 1.89. The predicted octanol–water partition coefficient (Wildman–Crippen LogP) is 3.11. The van der Waals surface area contributed by atoms with Gasteiger partial charge in [-0.05, 0) is 37.9 Å². The van der Waals surface area contributed by atoms with Gasteiger partial charge in [0.15, 0.2) is 0 Å². The van der Waals surface area contributed by atoms with E-state index in [1.807, 2.05) is 38.6 Å². The van der Waals surface area contributed by atoms with Crippen LogP contribution in [-0.2, 0) is 0 Å². The molecule has 112 valence electrons. The molecule has 0 fully saturated rings. The molecule has 0 aliphatic heterocycles. The van der Waals surface area contributed by atoms with E-state index in [-0.39, 0.29) is 5.41 Å². The van der Waals surface area contributed by atoms with Crippen LogP contribution in [0, 0.1) is 5.41 Å². The summed E-state index contributed by atoms with van der Waals surface area (Å²) < 4.78 is 0. The molecule has 0 saturated carbocycles. The van der Waals surface area contributed by atoms with Crippen molar-refractivity contribution in [1.29, 1.82) is 0 Å². The number of benzene rings is 1. The van der Waals surface area contributed by atoms with Crippen molar-refractivity contribution in [3.63, 3.8) is 0 Å². The van der Waals surface area contributed by atoms with Crippen LogP contribution in [0.1, 0.15) is 24.2 Å². The first kappa shape index (κ1) is 16.9. The van der Waals surface area contributed by atoms with Crippen molar-refractivity contribution in [3.05, 3.63) is 23.8 Å². The van der Waals surface area contributed by atoms with Crippen LogP contribution in [0.5, 0.6) is 0 Å². The number of hydrogen-bond donors (Lipinski definition) is 2. The molecule has 0 radical (unpaired) electrons. The highest BCUT2D eigenvalue weighted by atomic mass is 32.2. The molecule has 0 amide bonds. The Balaban J connectivity index is 2.90. The van der Waals surface area contributed by atoms with Crippen molar-refractivity contribution in [2.45, 2.75) is 18.7 Å². The van der Waals surface area contributed by atoms with Crippen LogP contribution in [0.3, 0.4) is 0 Å². The number of nitrogens with zero attached hydrogens (tertiary/aromatic N) is 1. The van der Waals surface area contributed by atoms with Crippen LogP contribution in [0.4, 0.5) is 5.69 Å². The molecule has 1 aromatic carbocycles. The normalized spacial score (nSPS) is 11.7. The Bertz CT molecular complexity index is 473. The Morgan fingerprint density at radius 3 is 2.55 bits per heavy atom. The fourth-order valence-corrected chi connectivity index (χ4v) is 2.93. The van der Waals surface area contributed by atoms with Gasteiger partial charge in [0.05, 0.1) is 5.56 Å². The maximum absolute atomic E-state index is 11.4. The molecule has 0 aromatic heterocycles. The van der Waals surface area contributed by atoms with Gasteiger partial charge in [-0.2, -0.15) is 0 Å². The molecule has 0 unspecified atom stereocenters. The average molecular weight is 296 g/mol. The molecule has 20 heavy (non-hydrogen) atoms. The third-order valence-corrected chi connectivity index (χ3v) is 3.74. The van der Waals surface area contributed by atoms with Crippen molar-refractivity contribution in [1.82, 2.24) is 4.90 Å². The lowest BCUT2D eigenvalue weighted by atomic mass is 9.92. The summed E-state index contributed by atoms with van der Waals surface area (Å²) in [7, 11) is 4.08. The maximum atomic E-state index is 11.4. The van der Waals surface area contributed by atoms with E-state index in [0.29, 0.717) is 11.3 Å². The Labute approximate surface area is 125 Å². The van der Waals surface area contributed by atoms with Crippen LogP contribution < -0.4 is 5.32 Å². The molecule has 0 saturated heterocycles. The van der Waals surface area contributed by atoms with Gasteiger partial charge in [0.2, 0.25) is 0 Å². The number of thioether (sulfide) groups is 1. The maximum Gasteiger partial charge on any atom is 0.338 e. The second-order valence-electron chi connectivity index (χ2n) is 5.94. The molecule has 2 N–H and O–H groups in total. The van der Waals surface area contributed by atoms with Crippen LogP contribution in [0.25, 0.3) is 0 Å². The zero-order valence-electron chi connectivity index (χ0n) is 12.9. The predicted molar refractivity (Wildman–Crippen MR) is 86.0 cm³/mol. The van der Waals surface area contributed by atoms with Crippen LogP contribution in [-0.4, -0.2) is 49.4 Å². The quantitative estimate of drug-likeness (QED) is 0.757. The molecule has 1 aromatic rings. The van der Waals surface area contributed by atoms with Crippen molar-refractivity contribution >= 4 is 23.4 Å². The van der Waals surface area contributed by atoms with Gasteiger partial charge < -0.3 is 15.3 Å². The van der Waals surface area contributed by atoms with Gasteiger partial charge in [-0.15, -0.1) is 11.8 Å². The highest BCUT2D eigenvalue weighted by molar-refractivity contribution is 7.98. The number of anilines is 1. The molecule has 0 aliphatic carbocycles. The van der Waals surface area contributed by atoms with Gasteiger partial charge in [-0.1, -0.05) is 19.9 Å². The van der Waals surface area contributed by atoms with E-state index in [0.717, 1.165) is 18.0 Å². The van der Waals surface area contributed by atoms with Gasteiger partial charge in [0, 0.05) is 23.7 Å². The zero-order valence-corrected chi connectivity index (χ0v) is 13.7. The minimum absolute atomic E-state index is 0.0641. The van der Waals surface area contributed by atoms with Crippen LogP contribution in [0.15, 0.2) is 23.1 Å². The first-order valence-corrected chi connectivity index (χ1v) is 7.78. The highest BCUT2D eigenvalue weighted by Gasteiger charge is 2.21. The van der Waals surface area contributed by atoms with E-state index in [4.69, 9.17) is 0 Å². The molecule has 0 spiro atoms. The SMILES string of the molecule is CSc1cccc(NCC(C)(C)CN(C)C)c1C(=O)O. The monoisotopic (exact) mass is 296 g/mol. The molecule has 0 heterocycles. The van der Waals surface area contributed by atoms with E-state index >= 15 is 0 Å². The van der Waals surface area contributed by atoms with Crippen molar-refractivity contribution in [2.75, 3.05) is 38.8 Å². The second kappa shape index (κ2) is 6.99. The third kappa shape index (κ3) is 4.72. The number of aromatic carboxylic acids is 1. The summed E-state index contributed by atoms with van der Waals surface area (Å²) in [6.45, 7) is 5.99. The number of carboxylic acids is 1. The second-order valence-corrected chi connectivity index (χ2v) is 6.79. The van der Waals surface area contributed by atoms with Crippen molar-refractivity contribution < 1.29 is 9.90 Å². The Morgan fingerprint density at radius 1 is 1.40 bits per heavy atom. The summed E-state index contributed by atoms with van der Waals surface area (Å²) in [5.41, 5.74) is 1.12. The lowest BCUT2D eigenvalue weighted by Gasteiger charge is -2.29. The summed E-state index contributed by atoms with van der Waals surface area (Å²) in [5.74, 6) is -0.886. The highest BCUT2D eigenvalue weighted by Crippen LogP contribution is 2.28. The van der Waals surface area contributed by atoms with E-state index in [1.54, 1.807) is 0 Å². The zero-order chi connectivity index (χ0) is 15.3. The lowest BCUT2D eigenvalue weighted by molar-refractivity contribution is 0.0694. The summed E-state index contributed by atoms with van der Waals surface area (Å²) in [5, 5.41) is 12.7. The molecular weight excluding hydrogens is 272 g/mol. The number of rotatable bonds is 7. The first-order valence-electron chi connectivity index (χ1n) is 6.56. The minimum atomic E-state index is -0.886. The molecule has 5 heteroatoms. The number of carbonyl (C=O) groups is 1. The molecule has 0 aliphatic rings. The molecule has 1 rings (SSSR count). The fraction of sp³-hybridized carbons (Fsp3) is 0.533. The molecule has 0 bridgehead atoms. The Hall–Kier alpha value is -1.20. The summed E-state index contributed by atoms with van der Waals surface area (Å²) >= 11 is 1.45. The number of nitrogens with one attached hydrogen (secondary N) is 1. The van der Waals surface area contributed by atoms with Crippen LogP contribution >= 0.6 is 11.8 Å². The average Bonchev–Trinajstić information content (AvgIpc) is 2.34. The molecule has 4 nitrogen and oxygen atoms in total. The van der Waals surface area contributed by atoms with Crippen molar-refractivity contribution in [3.8, 4) is 0 Å². The number of carboxylic acid groups (broad SMARTS) is 1. The largest absolute Gasteiger partial charge is 0.478 e. The van der Waals surface area contributed by atoms with Crippen molar-refractivity contribution in [2.24, 2.45) is 5.41 Å². The summed E-state index contributed by atoms with van der Waals surface area (Å²) in [4.78, 5) is 14.4. The van der Waals surface area contributed by atoms with E-state index < -0.39 is 5.97 Å². The van der Waals surface area contributed by atoms with Crippen LogP contribution in [0.2, 0.25) is 0 Å². The summed E-state index contributed by atoms with van der Waals surface area (Å²) in [6, 6.07) is 5.55. The lowest BCUT2D eigenvalue weighted by Crippen LogP contribution is -2.34. The minimum Gasteiger partial charge on any atom is -0.478 e. The number of hydrogen-bond acceptors (Lipinski definition) is 4. The molecular formula is C15H24N2O2S. The van der Waals surface area contributed by atoms with E-state index in [2.05, 4.69) is 24.1 Å². The smallest absolute Gasteiger partial charge is 0.338 e. The van der Waals surface area contributed by atoms with Gasteiger partial charge in [0.25, 0.3) is 0 Å². The third-order valence-electron chi connectivity index (χ3n) is 2.96. The van der Waals surface area contributed by atoms with Gasteiger partial charge >= 0.3 is 5.97 Å². The Morgan fingerprint density at radius 2 is 2.05 bits per heavy atom. The fourth-order valence-electron chi connectivity index (χ4n) is 2.32. The molecule has 0 atom stereocenters. The first-order chi connectivity index (χ1) is 9.26. The van der Waals surface area contributed by atoms with Gasteiger partial charge in [-0.25, -0.2) is 4.79 Å².